The average molecular weight is 257 g/mol. The summed E-state index contributed by atoms with van der Waals surface area (Å²) in [6.07, 6.45) is 6.22. The van der Waals surface area contributed by atoms with Crippen LogP contribution in [-0.2, 0) is 0 Å². The summed E-state index contributed by atoms with van der Waals surface area (Å²) in [5, 5.41) is 1.92. The SMILES string of the molecule is O=C(C=CC1CC1)c1sccc1Br. The second-order valence-electron chi connectivity index (χ2n) is 3.16. The smallest absolute Gasteiger partial charge is 0.196 e. The van der Waals surface area contributed by atoms with Gasteiger partial charge in [0, 0.05) is 4.47 Å². The van der Waals surface area contributed by atoms with Gasteiger partial charge in [0.2, 0.25) is 0 Å². The van der Waals surface area contributed by atoms with E-state index in [1.54, 1.807) is 6.08 Å². The van der Waals surface area contributed by atoms with Gasteiger partial charge in [-0.25, -0.2) is 0 Å². The predicted octanol–water partition coefficient (Wildman–Crippen LogP) is 3.66. The van der Waals surface area contributed by atoms with E-state index in [0.29, 0.717) is 5.92 Å². The fraction of sp³-hybridized carbons (Fsp3) is 0.300. The molecule has 0 bridgehead atoms. The topological polar surface area (TPSA) is 17.1 Å². The summed E-state index contributed by atoms with van der Waals surface area (Å²) in [6.45, 7) is 0. The van der Waals surface area contributed by atoms with Gasteiger partial charge in [-0.2, -0.15) is 0 Å². The van der Waals surface area contributed by atoms with E-state index in [2.05, 4.69) is 15.9 Å². The van der Waals surface area contributed by atoms with E-state index in [0.717, 1.165) is 9.35 Å². The molecule has 1 aromatic rings. The minimum atomic E-state index is 0.119. The van der Waals surface area contributed by atoms with Crippen molar-refractivity contribution in [1.29, 1.82) is 0 Å². The van der Waals surface area contributed by atoms with Crippen molar-refractivity contribution in [3.05, 3.63) is 32.9 Å². The number of ketones is 1. The molecule has 2 rings (SSSR count). The Kier molecular flexibility index (Phi) is 2.65. The highest BCUT2D eigenvalue weighted by Crippen LogP contribution is 2.30. The summed E-state index contributed by atoms with van der Waals surface area (Å²) >= 11 is 4.83. The first-order valence-corrected chi connectivity index (χ1v) is 5.90. The van der Waals surface area contributed by atoms with Crippen LogP contribution >= 0.6 is 27.3 Å². The van der Waals surface area contributed by atoms with E-state index < -0.39 is 0 Å². The average Bonchev–Trinajstić information content (AvgIpc) is 2.84. The maximum atomic E-state index is 11.6. The van der Waals surface area contributed by atoms with Gasteiger partial charge in [0.05, 0.1) is 4.88 Å². The zero-order chi connectivity index (χ0) is 9.26. The lowest BCUT2D eigenvalue weighted by molar-refractivity contribution is 0.104. The Morgan fingerprint density at radius 2 is 2.38 bits per heavy atom. The van der Waals surface area contributed by atoms with Gasteiger partial charge in [0.25, 0.3) is 0 Å². The molecule has 1 saturated carbocycles. The first-order chi connectivity index (χ1) is 6.27. The van der Waals surface area contributed by atoms with Gasteiger partial charge in [-0.05, 0) is 52.2 Å². The van der Waals surface area contributed by atoms with Gasteiger partial charge < -0.3 is 0 Å². The zero-order valence-electron chi connectivity index (χ0n) is 7.00. The second-order valence-corrected chi connectivity index (χ2v) is 4.93. The molecule has 0 saturated heterocycles. The van der Waals surface area contributed by atoms with Crippen molar-refractivity contribution in [2.45, 2.75) is 12.8 Å². The number of carbonyl (C=O) groups is 1. The molecule has 0 unspecified atom stereocenters. The van der Waals surface area contributed by atoms with E-state index in [-0.39, 0.29) is 5.78 Å². The van der Waals surface area contributed by atoms with Crippen molar-refractivity contribution in [2.24, 2.45) is 5.92 Å². The number of halogens is 1. The number of hydrogen-bond acceptors (Lipinski definition) is 2. The van der Waals surface area contributed by atoms with E-state index >= 15 is 0 Å². The molecule has 0 aromatic carbocycles. The standard InChI is InChI=1S/C10H9BrOS/c11-8-5-6-13-10(8)9(12)4-3-7-1-2-7/h3-7H,1-2H2. The number of allylic oxidation sites excluding steroid dienone is 2. The molecule has 1 aliphatic rings. The van der Waals surface area contributed by atoms with Crippen molar-refractivity contribution >= 4 is 33.0 Å². The third-order valence-corrected chi connectivity index (χ3v) is 3.83. The molecule has 0 atom stereocenters. The number of thiophene rings is 1. The molecule has 0 amide bonds. The summed E-state index contributed by atoms with van der Waals surface area (Å²) in [7, 11) is 0. The van der Waals surface area contributed by atoms with E-state index in [9.17, 15) is 4.79 Å². The molecule has 0 aliphatic heterocycles. The lowest BCUT2D eigenvalue weighted by Gasteiger charge is -1.90. The highest BCUT2D eigenvalue weighted by molar-refractivity contribution is 9.10. The Bertz CT molecular complexity index is 350. The van der Waals surface area contributed by atoms with Gasteiger partial charge in [0.1, 0.15) is 0 Å². The van der Waals surface area contributed by atoms with Crippen LogP contribution in [0.5, 0.6) is 0 Å². The van der Waals surface area contributed by atoms with Gasteiger partial charge in [-0.3, -0.25) is 4.79 Å². The quantitative estimate of drug-likeness (QED) is 0.596. The Morgan fingerprint density at radius 1 is 1.62 bits per heavy atom. The Morgan fingerprint density at radius 3 is 2.92 bits per heavy atom. The van der Waals surface area contributed by atoms with Gasteiger partial charge in [-0.15, -0.1) is 11.3 Å². The summed E-state index contributed by atoms with van der Waals surface area (Å²) in [4.78, 5) is 12.4. The number of rotatable bonds is 3. The molecule has 1 aliphatic carbocycles. The minimum Gasteiger partial charge on any atom is -0.288 e. The van der Waals surface area contributed by atoms with Crippen molar-refractivity contribution in [1.82, 2.24) is 0 Å². The van der Waals surface area contributed by atoms with Crippen LogP contribution < -0.4 is 0 Å². The van der Waals surface area contributed by atoms with Gasteiger partial charge in [0.15, 0.2) is 5.78 Å². The Labute approximate surface area is 89.6 Å². The van der Waals surface area contributed by atoms with Crippen molar-refractivity contribution in [3.8, 4) is 0 Å². The fourth-order valence-electron chi connectivity index (χ4n) is 1.06. The largest absolute Gasteiger partial charge is 0.288 e. The molecule has 1 nitrogen and oxygen atoms in total. The second kappa shape index (κ2) is 3.76. The first kappa shape index (κ1) is 9.16. The van der Waals surface area contributed by atoms with Crippen LogP contribution in [0.4, 0.5) is 0 Å². The molecule has 0 N–H and O–H groups in total. The number of carbonyl (C=O) groups excluding carboxylic acids is 1. The van der Waals surface area contributed by atoms with E-state index in [4.69, 9.17) is 0 Å². The molecular formula is C10H9BrOS. The van der Waals surface area contributed by atoms with Crippen molar-refractivity contribution < 1.29 is 4.79 Å². The molecule has 1 heterocycles. The van der Waals surface area contributed by atoms with Crippen molar-refractivity contribution in [3.63, 3.8) is 0 Å². The van der Waals surface area contributed by atoms with Crippen LogP contribution in [-0.4, -0.2) is 5.78 Å². The molecule has 13 heavy (non-hydrogen) atoms. The summed E-state index contributed by atoms with van der Waals surface area (Å²) in [5.41, 5.74) is 0. The van der Waals surface area contributed by atoms with Crippen LogP contribution in [0, 0.1) is 5.92 Å². The molecule has 68 valence electrons. The lowest BCUT2D eigenvalue weighted by atomic mass is 10.2. The van der Waals surface area contributed by atoms with Gasteiger partial charge >= 0.3 is 0 Å². The monoisotopic (exact) mass is 256 g/mol. The van der Waals surface area contributed by atoms with E-state index in [1.807, 2.05) is 17.5 Å². The summed E-state index contributed by atoms with van der Waals surface area (Å²) in [6, 6.07) is 1.91. The van der Waals surface area contributed by atoms with Crippen molar-refractivity contribution in [2.75, 3.05) is 0 Å². The minimum absolute atomic E-state index is 0.119. The Hall–Kier alpha value is -0.410. The zero-order valence-corrected chi connectivity index (χ0v) is 9.40. The summed E-state index contributed by atoms with van der Waals surface area (Å²) in [5.74, 6) is 0.788. The fourth-order valence-corrected chi connectivity index (χ4v) is 2.55. The Balaban J connectivity index is 2.08. The van der Waals surface area contributed by atoms with Gasteiger partial charge in [-0.1, -0.05) is 6.08 Å². The first-order valence-electron chi connectivity index (χ1n) is 4.23. The van der Waals surface area contributed by atoms with Crippen LogP contribution in [0.3, 0.4) is 0 Å². The molecule has 0 spiro atoms. The maximum absolute atomic E-state index is 11.6. The highest BCUT2D eigenvalue weighted by Gasteiger charge is 2.18. The van der Waals surface area contributed by atoms with E-state index in [1.165, 1.54) is 24.2 Å². The van der Waals surface area contributed by atoms with Crippen LogP contribution in [0.1, 0.15) is 22.5 Å². The molecule has 1 aromatic heterocycles. The number of hydrogen-bond donors (Lipinski definition) is 0. The maximum Gasteiger partial charge on any atom is 0.196 e. The molecule has 0 radical (unpaired) electrons. The molecular weight excluding hydrogens is 248 g/mol. The highest BCUT2D eigenvalue weighted by atomic mass is 79.9. The normalized spacial score (nSPS) is 16.7. The molecule has 3 heteroatoms. The molecule has 1 fully saturated rings. The van der Waals surface area contributed by atoms with Crippen LogP contribution in [0.25, 0.3) is 0 Å². The third kappa shape index (κ3) is 2.29. The van der Waals surface area contributed by atoms with Crippen LogP contribution in [0.15, 0.2) is 28.1 Å². The van der Waals surface area contributed by atoms with Crippen LogP contribution in [0.2, 0.25) is 0 Å². The third-order valence-electron chi connectivity index (χ3n) is 1.98. The summed E-state index contributed by atoms with van der Waals surface area (Å²) < 4.78 is 0.906. The lowest BCUT2D eigenvalue weighted by Crippen LogP contribution is -1.90. The predicted molar refractivity (Wildman–Crippen MR) is 58.2 cm³/mol.